The minimum absolute atomic E-state index is 0.0422. The zero-order valence-electron chi connectivity index (χ0n) is 15.1. The average molecular weight is 385 g/mol. The number of aromatic amines is 1. The van der Waals surface area contributed by atoms with E-state index < -0.39 is 11.6 Å². The zero-order chi connectivity index (χ0) is 19.8. The van der Waals surface area contributed by atoms with Gasteiger partial charge in [0.25, 0.3) is 5.91 Å². The van der Waals surface area contributed by atoms with Gasteiger partial charge in [-0.25, -0.2) is 14.8 Å². The van der Waals surface area contributed by atoms with Gasteiger partial charge in [0.15, 0.2) is 28.7 Å². The van der Waals surface area contributed by atoms with Crippen LogP contribution in [-0.4, -0.2) is 50.4 Å². The van der Waals surface area contributed by atoms with Crippen LogP contribution in [0.3, 0.4) is 0 Å². The van der Waals surface area contributed by atoms with Gasteiger partial charge < -0.3 is 25.3 Å². The number of nitrogens with two attached hydrogens (primary N) is 1. The van der Waals surface area contributed by atoms with Crippen molar-refractivity contribution in [3.63, 3.8) is 0 Å². The summed E-state index contributed by atoms with van der Waals surface area (Å²) >= 11 is 0. The Morgan fingerprint density at radius 3 is 2.96 bits per heavy atom. The summed E-state index contributed by atoms with van der Waals surface area (Å²) < 4.78 is 12.2. The van der Waals surface area contributed by atoms with Gasteiger partial charge in [0.2, 0.25) is 0 Å². The van der Waals surface area contributed by atoms with Gasteiger partial charge in [0.1, 0.15) is 5.52 Å². The van der Waals surface area contributed by atoms with Gasteiger partial charge in [-0.2, -0.15) is 0 Å². The van der Waals surface area contributed by atoms with E-state index in [-0.39, 0.29) is 40.3 Å². The number of benzene rings is 1. The van der Waals surface area contributed by atoms with Gasteiger partial charge in [-0.3, -0.25) is 9.36 Å². The van der Waals surface area contributed by atoms with Crippen molar-refractivity contribution >= 4 is 17.1 Å². The molecule has 1 fully saturated rings. The number of rotatable bonds is 5. The molecule has 0 saturated carbocycles. The molecule has 3 heterocycles. The summed E-state index contributed by atoms with van der Waals surface area (Å²) in [4.78, 5) is 35.7. The number of carbonyl (C=O) groups is 1. The third-order valence-corrected chi connectivity index (χ3v) is 4.70. The van der Waals surface area contributed by atoms with Crippen LogP contribution in [0, 0.1) is 0 Å². The molecule has 0 bridgehead atoms. The number of aromatic hydroxyl groups is 1. The van der Waals surface area contributed by atoms with Crippen molar-refractivity contribution in [3.05, 3.63) is 34.4 Å². The van der Waals surface area contributed by atoms with Crippen molar-refractivity contribution in [3.8, 4) is 22.9 Å². The predicted octanol–water partition coefficient (Wildman–Crippen LogP) is 0.779. The normalized spacial score (nSPS) is 16.5. The number of hydrogen-bond acceptors (Lipinski definition) is 7. The van der Waals surface area contributed by atoms with Crippen LogP contribution in [0.4, 0.5) is 0 Å². The van der Waals surface area contributed by atoms with E-state index in [2.05, 4.69) is 15.0 Å². The first-order valence-corrected chi connectivity index (χ1v) is 8.77. The van der Waals surface area contributed by atoms with E-state index in [0.29, 0.717) is 18.7 Å². The molecule has 0 radical (unpaired) electrons. The summed E-state index contributed by atoms with van der Waals surface area (Å²) in [6, 6.07) is 4.55. The summed E-state index contributed by atoms with van der Waals surface area (Å²) in [5.74, 6) is -0.420. The highest BCUT2D eigenvalue weighted by Crippen LogP contribution is 2.31. The molecule has 146 valence electrons. The van der Waals surface area contributed by atoms with E-state index in [9.17, 15) is 14.7 Å². The number of nitrogens with one attached hydrogen (secondary N) is 1. The smallest absolute Gasteiger partial charge is 0.327 e. The van der Waals surface area contributed by atoms with Gasteiger partial charge >= 0.3 is 5.69 Å². The van der Waals surface area contributed by atoms with Crippen LogP contribution in [0.25, 0.3) is 22.6 Å². The van der Waals surface area contributed by atoms with E-state index in [1.807, 2.05) is 0 Å². The Balaban J connectivity index is 1.90. The van der Waals surface area contributed by atoms with Crippen LogP contribution in [0.2, 0.25) is 0 Å². The van der Waals surface area contributed by atoms with Gasteiger partial charge in [-0.15, -0.1) is 0 Å². The third kappa shape index (κ3) is 3.07. The lowest BCUT2D eigenvalue weighted by atomic mass is 10.1. The molecular weight excluding hydrogens is 366 g/mol. The van der Waals surface area contributed by atoms with Crippen LogP contribution < -0.4 is 16.2 Å². The lowest BCUT2D eigenvalue weighted by Gasteiger charge is -2.11. The Hall–Kier alpha value is -3.40. The van der Waals surface area contributed by atoms with E-state index in [1.54, 1.807) is 6.07 Å². The predicted molar refractivity (Wildman–Crippen MR) is 99.3 cm³/mol. The second-order valence-electron chi connectivity index (χ2n) is 6.52. The molecule has 1 aromatic carbocycles. The van der Waals surface area contributed by atoms with Crippen LogP contribution in [0.5, 0.6) is 11.5 Å². The van der Waals surface area contributed by atoms with E-state index in [0.717, 1.165) is 12.8 Å². The molecular formula is C18H19N5O5. The number of nitrogens with zero attached hydrogens (tertiary/aromatic N) is 3. The van der Waals surface area contributed by atoms with E-state index in [1.165, 1.54) is 23.8 Å². The van der Waals surface area contributed by atoms with E-state index in [4.69, 9.17) is 15.2 Å². The molecule has 4 N–H and O–H groups in total. The van der Waals surface area contributed by atoms with Gasteiger partial charge in [-0.1, -0.05) is 0 Å². The largest absolute Gasteiger partial charge is 0.504 e. The molecule has 0 aliphatic carbocycles. The molecule has 4 rings (SSSR count). The quantitative estimate of drug-likeness (QED) is 0.588. The number of imidazole rings is 1. The molecule has 2 aromatic heterocycles. The number of primary amides is 1. The number of phenolic OH excluding ortho intramolecular Hbond substituents is 1. The highest BCUT2D eigenvalue weighted by molar-refractivity contribution is 6.01. The van der Waals surface area contributed by atoms with Crippen LogP contribution in [0.15, 0.2) is 23.0 Å². The maximum absolute atomic E-state index is 12.5. The van der Waals surface area contributed by atoms with Crippen molar-refractivity contribution in [2.24, 2.45) is 5.73 Å². The number of phenols is 1. The SMILES string of the molecule is COc1cc(-c2nc(C(N)=O)c3[nH]c(=O)n(C[C@H]4CCCO4)c3n2)ccc1O. The second-order valence-corrected chi connectivity index (χ2v) is 6.52. The Kier molecular flexibility index (Phi) is 4.47. The maximum atomic E-state index is 12.5. The molecule has 28 heavy (non-hydrogen) atoms. The number of H-pyrrole nitrogens is 1. The summed E-state index contributed by atoms with van der Waals surface area (Å²) in [7, 11) is 1.42. The lowest BCUT2D eigenvalue weighted by Crippen LogP contribution is -2.24. The monoisotopic (exact) mass is 385 g/mol. The van der Waals surface area contributed by atoms with Crippen LogP contribution >= 0.6 is 0 Å². The van der Waals surface area contributed by atoms with Crippen molar-refractivity contribution in [2.45, 2.75) is 25.5 Å². The van der Waals surface area contributed by atoms with Crippen LogP contribution in [0.1, 0.15) is 23.3 Å². The van der Waals surface area contributed by atoms with Gasteiger partial charge in [-0.05, 0) is 31.0 Å². The van der Waals surface area contributed by atoms with Crippen molar-refractivity contribution in [2.75, 3.05) is 13.7 Å². The zero-order valence-corrected chi connectivity index (χ0v) is 15.1. The Morgan fingerprint density at radius 2 is 2.29 bits per heavy atom. The van der Waals surface area contributed by atoms with Gasteiger partial charge in [0.05, 0.1) is 19.8 Å². The first kappa shape index (κ1) is 18.0. The second kappa shape index (κ2) is 6.97. The number of carbonyl (C=O) groups excluding carboxylic acids is 1. The lowest BCUT2D eigenvalue weighted by molar-refractivity contribution is 0.0970. The highest BCUT2D eigenvalue weighted by Gasteiger charge is 2.23. The summed E-state index contributed by atoms with van der Waals surface area (Å²) in [6.45, 7) is 0.967. The molecule has 1 saturated heterocycles. The Morgan fingerprint density at radius 1 is 1.46 bits per heavy atom. The molecule has 1 aliphatic rings. The topological polar surface area (TPSA) is 145 Å². The fourth-order valence-corrected chi connectivity index (χ4v) is 3.32. The fourth-order valence-electron chi connectivity index (χ4n) is 3.32. The number of ether oxygens (including phenoxy) is 2. The Labute approximate surface area is 158 Å². The maximum Gasteiger partial charge on any atom is 0.327 e. The standard InChI is InChI=1S/C18H19N5O5/c1-27-12-7-9(4-5-11(12)24)16-20-13(15(19)25)14-17(22-16)23(18(26)21-14)8-10-3-2-6-28-10/h4-5,7,10,24H,2-3,6,8H2,1H3,(H2,19,25)(H,21,26)/t10-/m1/s1. The average Bonchev–Trinajstić information content (AvgIpc) is 3.30. The van der Waals surface area contributed by atoms with Crippen LogP contribution in [-0.2, 0) is 11.3 Å². The summed E-state index contributed by atoms with van der Waals surface area (Å²) in [5, 5.41) is 9.80. The fraction of sp³-hybridized carbons (Fsp3) is 0.333. The van der Waals surface area contributed by atoms with Crippen molar-refractivity contribution in [1.82, 2.24) is 19.5 Å². The third-order valence-electron chi connectivity index (χ3n) is 4.70. The number of methoxy groups -OCH3 is 1. The number of aromatic nitrogens is 4. The first-order valence-electron chi connectivity index (χ1n) is 8.77. The number of hydrogen-bond donors (Lipinski definition) is 3. The molecule has 10 heteroatoms. The molecule has 0 spiro atoms. The Bertz CT molecular complexity index is 1110. The molecule has 1 aliphatic heterocycles. The highest BCUT2D eigenvalue weighted by atomic mass is 16.5. The van der Waals surface area contributed by atoms with Crippen molar-refractivity contribution < 1.29 is 19.4 Å². The van der Waals surface area contributed by atoms with E-state index >= 15 is 0 Å². The first-order chi connectivity index (χ1) is 13.5. The van der Waals surface area contributed by atoms with Crippen molar-refractivity contribution in [1.29, 1.82) is 0 Å². The number of amides is 1. The minimum Gasteiger partial charge on any atom is -0.504 e. The van der Waals surface area contributed by atoms with Gasteiger partial charge in [0, 0.05) is 12.2 Å². The summed E-state index contributed by atoms with van der Waals surface area (Å²) in [5.41, 5.74) is 5.93. The molecule has 0 unspecified atom stereocenters. The summed E-state index contributed by atoms with van der Waals surface area (Å²) in [6.07, 6.45) is 1.68. The number of fused-ring (bicyclic) bond motifs is 1. The molecule has 1 amide bonds. The molecule has 10 nitrogen and oxygen atoms in total. The minimum atomic E-state index is -0.787. The molecule has 1 atom stereocenters. The molecule has 3 aromatic rings.